The van der Waals surface area contributed by atoms with E-state index in [1.165, 1.54) is 11.8 Å². The number of ether oxygens (including phenoxy) is 4. The predicted molar refractivity (Wildman–Crippen MR) is 131 cm³/mol. The van der Waals surface area contributed by atoms with Gasteiger partial charge in [0.2, 0.25) is 6.79 Å². The fourth-order valence-corrected chi connectivity index (χ4v) is 4.70. The Balaban J connectivity index is 1.55. The van der Waals surface area contributed by atoms with Gasteiger partial charge in [0.05, 0.1) is 13.2 Å². The summed E-state index contributed by atoms with van der Waals surface area (Å²) in [6.07, 6.45) is 2.41. The normalized spacial score (nSPS) is 12.0. The van der Waals surface area contributed by atoms with Gasteiger partial charge in [-0.3, -0.25) is 4.79 Å². The molecule has 0 spiro atoms. The zero-order valence-corrected chi connectivity index (χ0v) is 21.0. The SMILES string of the molecule is CCCc1nc(Sc2ccc(OCC(=O)OCC)cc2)c(C=O)n1Cc1cc2c(cc1Cl)OCO2. The van der Waals surface area contributed by atoms with Crippen molar-refractivity contribution in [1.29, 1.82) is 0 Å². The summed E-state index contributed by atoms with van der Waals surface area (Å²) in [5, 5.41) is 1.15. The maximum Gasteiger partial charge on any atom is 0.344 e. The number of aromatic nitrogens is 2. The number of imidazole rings is 1. The van der Waals surface area contributed by atoms with E-state index in [1.54, 1.807) is 25.1 Å². The van der Waals surface area contributed by atoms with Crippen molar-refractivity contribution >= 4 is 35.6 Å². The van der Waals surface area contributed by atoms with Gasteiger partial charge in [-0.25, -0.2) is 9.78 Å². The molecule has 0 aliphatic carbocycles. The Kier molecular flexibility index (Phi) is 8.20. The minimum Gasteiger partial charge on any atom is -0.482 e. The molecule has 0 saturated heterocycles. The summed E-state index contributed by atoms with van der Waals surface area (Å²) < 4.78 is 23.1. The van der Waals surface area contributed by atoms with Crippen molar-refractivity contribution in [3.05, 3.63) is 58.5 Å². The highest BCUT2D eigenvalue weighted by Crippen LogP contribution is 2.38. The lowest BCUT2D eigenvalue weighted by atomic mass is 10.2. The summed E-state index contributed by atoms with van der Waals surface area (Å²) in [5.41, 5.74) is 1.29. The molecule has 35 heavy (non-hydrogen) atoms. The monoisotopic (exact) mass is 516 g/mol. The highest BCUT2D eigenvalue weighted by Gasteiger charge is 2.21. The third kappa shape index (κ3) is 5.91. The van der Waals surface area contributed by atoms with Gasteiger partial charge in [0.15, 0.2) is 24.4 Å². The molecule has 0 amide bonds. The highest BCUT2D eigenvalue weighted by molar-refractivity contribution is 7.99. The van der Waals surface area contributed by atoms with Crippen LogP contribution in [-0.4, -0.2) is 41.8 Å². The Morgan fingerprint density at radius 3 is 2.63 bits per heavy atom. The largest absolute Gasteiger partial charge is 0.482 e. The summed E-state index contributed by atoms with van der Waals surface area (Å²) in [4.78, 5) is 29.3. The molecular weight excluding hydrogens is 492 g/mol. The molecule has 3 aromatic rings. The van der Waals surface area contributed by atoms with Gasteiger partial charge in [-0.2, -0.15) is 0 Å². The van der Waals surface area contributed by atoms with E-state index < -0.39 is 5.97 Å². The number of fused-ring (bicyclic) bond motifs is 1. The first-order valence-electron chi connectivity index (χ1n) is 11.2. The summed E-state index contributed by atoms with van der Waals surface area (Å²) in [7, 11) is 0. The van der Waals surface area contributed by atoms with Crippen LogP contribution in [0.3, 0.4) is 0 Å². The molecule has 1 aliphatic rings. The molecular formula is C25H25ClN2O6S. The van der Waals surface area contributed by atoms with Crippen molar-refractivity contribution in [3.8, 4) is 17.2 Å². The van der Waals surface area contributed by atoms with E-state index in [4.69, 9.17) is 35.5 Å². The first-order chi connectivity index (χ1) is 17.0. The number of hydrogen-bond donors (Lipinski definition) is 0. The van der Waals surface area contributed by atoms with Crippen molar-refractivity contribution in [1.82, 2.24) is 9.55 Å². The van der Waals surface area contributed by atoms with Crippen LogP contribution in [0.2, 0.25) is 5.02 Å². The Morgan fingerprint density at radius 1 is 1.20 bits per heavy atom. The molecule has 184 valence electrons. The fraction of sp³-hybridized carbons (Fsp3) is 0.320. The highest BCUT2D eigenvalue weighted by atomic mass is 35.5. The Labute approximate surface area is 212 Å². The number of carbonyl (C=O) groups is 2. The molecule has 0 saturated carbocycles. The van der Waals surface area contributed by atoms with Gasteiger partial charge in [-0.05, 0) is 49.2 Å². The topological polar surface area (TPSA) is 88.9 Å². The first-order valence-corrected chi connectivity index (χ1v) is 12.4. The summed E-state index contributed by atoms with van der Waals surface area (Å²) in [5.74, 6) is 2.18. The lowest BCUT2D eigenvalue weighted by molar-refractivity contribution is -0.145. The van der Waals surface area contributed by atoms with Crippen LogP contribution in [0.5, 0.6) is 17.2 Å². The van der Waals surface area contributed by atoms with E-state index in [0.29, 0.717) is 52.6 Å². The molecule has 0 bridgehead atoms. The molecule has 0 radical (unpaired) electrons. The molecule has 0 unspecified atom stereocenters. The predicted octanol–water partition coefficient (Wildman–Crippen LogP) is 5.17. The molecule has 1 aromatic heterocycles. The van der Waals surface area contributed by atoms with E-state index in [9.17, 15) is 9.59 Å². The van der Waals surface area contributed by atoms with Gasteiger partial charge in [0.25, 0.3) is 0 Å². The van der Waals surface area contributed by atoms with E-state index >= 15 is 0 Å². The average Bonchev–Trinajstić information content (AvgIpc) is 3.43. The lowest BCUT2D eigenvalue weighted by Gasteiger charge is -2.12. The van der Waals surface area contributed by atoms with Crippen LogP contribution in [0, 0.1) is 0 Å². The molecule has 2 aromatic carbocycles. The Morgan fingerprint density at radius 2 is 1.94 bits per heavy atom. The number of carbonyl (C=O) groups excluding carboxylic acids is 2. The lowest BCUT2D eigenvalue weighted by Crippen LogP contribution is -2.14. The molecule has 2 heterocycles. The zero-order valence-electron chi connectivity index (χ0n) is 19.4. The number of nitrogens with zero attached hydrogens (tertiary/aromatic N) is 2. The first kappa shape index (κ1) is 24.9. The molecule has 0 N–H and O–H groups in total. The second-order valence-corrected chi connectivity index (χ2v) is 9.11. The van der Waals surface area contributed by atoms with Gasteiger partial charge < -0.3 is 23.5 Å². The average molecular weight is 517 g/mol. The maximum absolute atomic E-state index is 12.2. The quantitative estimate of drug-likeness (QED) is 0.255. The van der Waals surface area contributed by atoms with Crippen molar-refractivity contribution in [3.63, 3.8) is 0 Å². The summed E-state index contributed by atoms with van der Waals surface area (Å²) in [6, 6.07) is 10.8. The molecule has 0 atom stereocenters. The smallest absolute Gasteiger partial charge is 0.344 e. The van der Waals surface area contributed by atoms with Crippen molar-refractivity contribution in [2.24, 2.45) is 0 Å². The van der Waals surface area contributed by atoms with E-state index in [2.05, 4.69) is 6.92 Å². The van der Waals surface area contributed by atoms with Gasteiger partial charge in [0, 0.05) is 22.4 Å². The van der Waals surface area contributed by atoms with E-state index in [0.717, 1.165) is 29.0 Å². The van der Waals surface area contributed by atoms with Crippen LogP contribution < -0.4 is 14.2 Å². The number of rotatable bonds is 11. The van der Waals surface area contributed by atoms with Gasteiger partial charge in [-0.1, -0.05) is 30.3 Å². The van der Waals surface area contributed by atoms with Crippen molar-refractivity contribution in [2.45, 2.75) is 43.2 Å². The summed E-state index contributed by atoms with van der Waals surface area (Å²) in [6.45, 7) is 4.51. The molecule has 1 aliphatic heterocycles. The summed E-state index contributed by atoms with van der Waals surface area (Å²) >= 11 is 7.88. The van der Waals surface area contributed by atoms with Crippen LogP contribution in [0.25, 0.3) is 0 Å². The third-order valence-electron chi connectivity index (χ3n) is 5.21. The molecule has 4 rings (SSSR count). The molecule has 0 fully saturated rings. The third-order valence-corrected chi connectivity index (χ3v) is 6.56. The van der Waals surface area contributed by atoms with Crippen LogP contribution >= 0.6 is 23.4 Å². The Bertz CT molecular complexity index is 1210. The molecule has 8 nitrogen and oxygen atoms in total. The second kappa shape index (κ2) is 11.5. The zero-order chi connectivity index (χ0) is 24.8. The van der Waals surface area contributed by atoms with Crippen LogP contribution in [0.15, 0.2) is 46.3 Å². The minimum absolute atomic E-state index is 0.150. The number of halogens is 1. The number of hydrogen-bond acceptors (Lipinski definition) is 8. The van der Waals surface area contributed by atoms with Crippen molar-refractivity contribution in [2.75, 3.05) is 20.0 Å². The van der Waals surface area contributed by atoms with Gasteiger partial charge in [-0.15, -0.1) is 0 Å². The van der Waals surface area contributed by atoms with E-state index in [1.807, 2.05) is 22.8 Å². The second-order valence-electron chi connectivity index (χ2n) is 7.64. The van der Waals surface area contributed by atoms with Crippen LogP contribution in [-0.2, 0) is 22.5 Å². The molecule has 10 heteroatoms. The number of aldehydes is 1. The number of aryl methyl sites for hydroxylation is 1. The van der Waals surface area contributed by atoms with Crippen LogP contribution in [0.4, 0.5) is 0 Å². The van der Waals surface area contributed by atoms with Crippen molar-refractivity contribution < 1.29 is 28.5 Å². The standard InChI is InChI=1S/C25H25ClN2O6S/c1-3-5-23-27-25(35-18-8-6-17(7-9-18)32-14-24(30)31-4-2)20(13-29)28(23)12-16-10-21-22(11-19(16)26)34-15-33-21/h6-11,13H,3-5,12,14-15H2,1-2H3. The maximum atomic E-state index is 12.2. The van der Waals surface area contributed by atoms with Crippen LogP contribution in [0.1, 0.15) is 42.1 Å². The van der Waals surface area contributed by atoms with Gasteiger partial charge >= 0.3 is 5.97 Å². The Hall–Kier alpha value is -3.17. The number of benzene rings is 2. The minimum atomic E-state index is -0.418. The number of esters is 1. The van der Waals surface area contributed by atoms with Gasteiger partial charge in [0.1, 0.15) is 22.3 Å². The van der Waals surface area contributed by atoms with E-state index in [-0.39, 0.29) is 13.4 Å². The fourth-order valence-electron chi connectivity index (χ4n) is 3.58.